The van der Waals surface area contributed by atoms with Crippen molar-refractivity contribution in [2.24, 2.45) is 5.41 Å². The highest BCUT2D eigenvalue weighted by atomic mass is 32.1. The number of aromatic nitrogens is 2. The zero-order valence-corrected chi connectivity index (χ0v) is 23.3. The van der Waals surface area contributed by atoms with E-state index >= 15 is 0 Å². The number of halogens is 2. The Hall–Kier alpha value is -2.66. The van der Waals surface area contributed by atoms with Crippen LogP contribution < -0.4 is 10.6 Å². The standard InChI is InChI=1S/C26H37F2N5O3S/c1-14-9-8-10-33(14)24(35)19-20(37-23(32-19)22(34)30-13-26(6,7)36)17-12-29-18(11-16(17)21(27)28)31-15(2)25(3,4)5/h11-12,14-15,21,36H,8-10,13H2,1-7H3,(H,29,31)(H,30,34)/t14-,15+/m0/s1. The lowest BCUT2D eigenvalue weighted by molar-refractivity contribution is 0.0692. The predicted molar refractivity (Wildman–Crippen MR) is 141 cm³/mol. The molecule has 3 rings (SSSR count). The number of carbonyl (C=O) groups excluding carboxylic acids is 2. The molecular formula is C26H37F2N5O3S. The minimum absolute atomic E-state index is 0.0207. The molecule has 3 N–H and O–H groups in total. The summed E-state index contributed by atoms with van der Waals surface area (Å²) >= 11 is 0.869. The highest BCUT2D eigenvalue weighted by molar-refractivity contribution is 7.17. The maximum Gasteiger partial charge on any atom is 0.280 e. The Morgan fingerprint density at radius 2 is 1.95 bits per heavy atom. The van der Waals surface area contributed by atoms with Gasteiger partial charge in [-0.25, -0.2) is 18.7 Å². The Kier molecular flexibility index (Phi) is 8.58. The van der Waals surface area contributed by atoms with Crippen molar-refractivity contribution in [3.63, 3.8) is 0 Å². The van der Waals surface area contributed by atoms with E-state index in [1.54, 1.807) is 18.7 Å². The molecule has 2 aromatic heterocycles. The minimum Gasteiger partial charge on any atom is -0.389 e. The van der Waals surface area contributed by atoms with E-state index in [0.29, 0.717) is 12.4 Å². The molecule has 37 heavy (non-hydrogen) atoms. The van der Waals surface area contributed by atoms with Crippen LogP contribution in [0.4, 0.5) is 14.6 Å². The van der Waals surface area contributed by atoms with Gasteiger partial charge < -0.3 is 20.6 Å². The summed E-state index contributed by atoms with van der Waals surface area (Å²) in [7, 11) is 0. The number of anilines is 1. The van der Waals surface area contributed by atoms with Crippen molar-refractivity contribution in [1.29, 1.82) is 0 Å². The van der Waals surface area contributed by atoms with Crippen molar-refractivity contribution in [2.45, 2.75) is 85.4 Å². The third kappa shape index (κ3) is 7.01. The predicted octanol–water partition coefficient (Wildman–Crippen LogP) is 5.11. The molecule has 0 unspecified atom stereocenters. The van der Waals surface area contributed by atoms with Crippen molar-refractivity contribution >= 4 is 29.0 Å². The van der Waals surface area contributed by atoms with Crippen molar-refractivity contribution in [1.82, 2.24) is 20.2 Å². The summed E-state index contributed by atoms with van der Waals surface area (Å²) in [6, 6.07) is 1.23. The smallest absolute Gasteiger partial charge is 0.280 e. The molecule has 0 bridgehead atoms. The molecule has 0 spiro atoms. The number of amides is 2. The van der Waals surface area contributed by atoms with Gasteiger partial charge in [0, 0.05) is 42.5 Å². The molecule has 2 aromatic rings. The van der Waals surface area contributed by atoms with Gasteiger partial charge in [-0.1, -0.05) is 20.8 Å². The van der Waals surface area contributed by atoms with E-state index < -0.39 is 23.8 Å². The summed E-state index contributed by atoms with van der Waals surface area (Å²) in [6.45, 7) is 13.6. The van der Waals surface area contributed by atoms with Gasteiger partial charge in [0.15, 0.2) is 5.01 Å². The number of nitrogens with one attached hydrogen (secondary N) is 2. The zero-order chi connectivity index (χ0) is 27.7. The van der Waals surface area contributed by atoms with Crippen molar-refractivity contribution in [3.8, 4) is 10.4 Å². The van der Waals surface area contributed by atoms with Crippen LogP contribution in [-0.4, -0.2) is 62.6 Å². The summed E-state index contributed by atoms with van der Waals surface area (Å²) in [4.78, 5) is 36.8. The summed E-state index contributed by atoms with van der Waals surface area (Å²) < 4.78 is 28.6. The van der Waals surface area contributed by atoms with Gasteiger partial charge in [-0.2, -0.15) is 0 Å². The second-order valence-corrected chi connectivity index (χ2v) is 12.4. The van der Waals surface area contributed by atoms with Crippen LogP contribution in [0, 0.1) is 5.41 Å². The molecule has 0 aliphatic carbocycles. The van der Waals surface area contributed by atoms with E-state index in [4.69, 9.17) is 0 Å². The van der Waals surface area contributed by atoms with E-state index in [1.807, 2.05) is 34.6 Å². The summed E-state index contributed by atoms with van der Waals surface area (Å²) in [5.74, 6) is -0.692. The number of hydrogen-bond donors (Lipinski definition) is 3. The molecule has 0 aromatic carbocycles. The molecule has 0 saturated carbocycles. The van der Waals surface area contributed by atoms with Crippen LogP contribution in [0.15, 0.2) is 12.3 Å². The molecule has 2 amide bonds. The summed E-state index contributed by atoms with van der Waals surface area (Å²) in [5, 5.41) is 15.7. The number of nitrogens with zero attached hydrogens (tertiary/aromatic N) is 3. The van der Waals surface area contributed by atoms with Crippen LogP contribution in [0.5, 0.6) is 0 Å². The Balaban J connectivity index is 2.07. The number of aliphatic hydroxyl groups is 1. The molecule has 1 aliphatic heterocycles. The fraction of sp³-hybridized carbons (Fsp3) is 0.615. The average Bonchev–Trinajstić information content (AvgIpc) is 3.42. The van der Waals surface area contributed by atoms with Crippen LogP contribution in [0.3, 0.4) is 0 Å². The second-order valence-electron chi connectivity index (χ2n) is 11.4. The van der Waals surface area contributed by atoms with Gasteiger partial charge in [-0.05, 0) is 52.0 Å². The van der Waals surface area contributed by atoms with E-state index in [9.17, 15) is 23.5 Å². The normalized spacial score (nSPS) is 17.3. The number of hydrogen-bond acceptors (Lipinski definition) is 7. The van der Waals surface area contributed by atoms with Crippen LogP contribution in [-0.2, 0) is 0 Å². The fourth-order valence-electron chi connectivity index (χ4n) is 3.85. The van der Waals surface area contributed by atoms with E-state index in [2.05, 4.69) is 20.6 Å². The van der Waals surface area contributed by atoms with E-state index in [0.717, 1.165) is 24.2 Å². The largest absolute Gasteiger partial charge is 0.389 e. The quantitative estimate of drug-likeness (QED) is 0.432. The highest BCUT2D eigenvalue weighted by Gasteiger charge is 2.33. The molecule has 1 aliphatic rings. The fourth-order valence-corrected chi connectivity index (χ4v) is 4.85. The molecule has 1 saturated heterocycles. The zero-order valence-electron chi connectivity index (χ0n) is 22.5. The van der Waals surface area contributed by atoms with Gasteiger partial charge in [-0.3, -0.25) is 9.59 Å². The molecule has 3 heterocycles. The second kappa shape index (κ2) is 11.0. The van der Waals surface area contributed by atoms with Gasteiger partial charge in [0.2, 0.25) is 0 Å². The van der Waals surface area contributed by atoms with Crippen LogP contribution in [0.25, 0.3) is 10.4 Å². The lowest BCUT2D eigenvalue weighted by Crippen LogP contribution is -2.38. The third-order valence-electron chi connectivity index (χ3n) is 6.60. The number of pyridine rings is 1. The maximum atomic E-state index is 14.3. The van der Waals surface area contributed by atoms with Crippen LogP contribution in [0.2, 0.25) is 0 Å². The van der Waals surface area contributed by atoms with Gasteiger partial charge in [-0.15, -0.1) is 11.3 Å². The molecule has 204 valence electrons. The first-order valence-electron chi connectivity index (χ1n) is 12.5. The molecule has 11 heteroatoms. The molecule has 2 atom stereocenters. The van der Waals surface area contributed by atoms with Gasteiger partial charge >= 0.3 is 0 Å². The molecular weight excluding hydrogens is 500 g/mol. The number of carbonyl (C=O) groups is 2. The number of thiazole rings is 1. The number of likely N-dealkylation sites (tertiary alicyclic amines) is 1. The van der Waals surface area contributed by atoms with E-state index in [-0.39, 0.29) is 50.7 Å². The van der Waals surface area contributed by atoms with Crippen LogP contribution in [0.1, 0.15) is 93.6 Å². The van der Waals surface area contributed by atoms with Crippen molar-refractivity contribution in [2.75, 3.05) is 18.4 Å². The molecule has 0 radical (unpaired) electrons. The first-order valence-corrected chi connectivity index (χ1v) is 13.3. The third-order valence-corrected chi connectivity index (χ3v) is 7.69. The molecule has 8 nitrogen and oxygen atoms in total. The maximum absolute atomic E-state index is 14.3. The van der Waals surface area contributed by atoms with Gasteiger partial charge in [0.25, 0.3) is 18.2 Å². The first kappa shape index (κ1) is 28.9. The number of rotatable bonds is 8. The lowest BCUT2D eigenvalue weighted by Gasteiger charge is -2.28. The summed E-state index contributed by atoms with van der Waals surface area (Å²) in [5.41, 5.74) is -1.55. The SMILES string of the molecule is C[C@H]1CCCN1C(=O)c1nc(C(=O)NCC(C)(C)O)sc1-c1cnc(N[C@H](C)C(C)(C)C)cc1C(F)F. The first-order chi connectivity index (χ1) is 17.1. The Morgan fingerprint density at radius 3 is 2.49 bits per heavy atom. The summed E-state index contributed by atoms with van der Waals surface area (Å²) in [6.07, 6.45) is 0.142. The van der Waals surface area contributed by atoms with Gasteiger partial charge in [0.1, 0.15) is 11.5 Å². The Bertz CT molecular complexity index is 1140. The van der Waals surface area contributed by atoms with Gasteiger partial charge in [0.05, 0.1) is 10.5 Å². The minimum atomic E-state index is -2.84. The van der Waals surface area contributed by atoms with Crippen LogP contribution >= 0.6 is 11.3 Å². The van der Waals surface area contributed by atoms with Crippen molar-refractivity contribution < 1.29 is 23.5 Å². The topological polar surface area (TPSA) is 107 Å². The Labute approximate surface area is 220 Å². The monoisotopic (exact) mass is 537 g/mol. The average molecular weight is 538 g/mol. The highest BCUT2D eigenvalue weighted by Crippen LogP contribution is 2.39. The number of alkyl halides is 2. The lowest BCUT2D eigenvalue weighted by atomic mass is 9.88. The molecule has 1 fully saturated rings. The van der Waals surface area contributed by atoms with Crippen molar-refractivity contribution in [3.05, 3.63) is 28.5 Å². The van der Waals surface area contributed by atoms with E-state index in [1.165, 1.54) is 12.3 Å². The Morgan fingerprint density at radius 1 is 1.27 bits per heavy atom.